The average molecular weight is 415 g/mol. The lowest BCUT2D eigenvalue weighted by atomic mass is 10.1. The molecular formula is C26H26N2O3. The van der Waals surface area contributed by atoms with Gasteiger partial charge in [-0.2, -0.15) is 5.26 Å². The van der Waals surface area contributed by atoms with E-state index in [-0.39, 0.29) is 11.6 Å². The van der Waals surface area contributed by atoms with Crippen LogP contribution in [-0.4, -0.2) is 18.6 Å². The topological polar surface area (TPSA) is 71.3 Å². The van der Waals surface area contributed by atoms with E-state index >= 15 is 0 Å². The zero-order valence-corrected chi connectivity index (χ0v) is 18.0. The fourth-order valence-corrected chi connectivity index (χ4v) is 3.23. The minimum atomic E-state index is -0.397. The Hall–Kier alpha value is -3.78. The van der Waals surface area contributed by atoms with Crippen molar-refractivity contribution in [3.05, 3.63) is 77.4 Å². The van der Waals surface area contributed by atoms with Crippen LogP contribution in [0.1, 0.15) is 31.9 Å². The summed E-state index contributed by atoms with van der Waals surface area (Å²) in [6.07, 6.45) is 1.55. The fraction of sp³-hybridized carbons (Fsp3) is 0.231. The second-order valence-electron chi connectivity index (χ2n) is 7.36. The van der Waals surface area contributed by atoms with Crippen LogP contribution in [0.15, 0.2) is 66.2 Å². The number of carbonyl (C=O) groups excluding carboxylic acids is 1. The molecule has 5 nitrogen and oxygen atoms in total. The summed E-state index contributed by atoms with van der Waals surface area (Å²) >= 11 is 0. The second-order valence-corrected chi connectivity index (χ2v) is 7.36. The average Bonchev–Trinajstić information content (AvgIpc) is 2.76. The van der Waals surface area contributed by atoms with Crippen LogP contribution in [0.5, 0.6) is 11.5 Å². The quantitative estimate of drug-likeness (QED) is 0.404. The lowest BCUT2D eigenvalue weighted by Crippen LogP contribution is -2.30. The molecule has 3 rings (SSSR count). The van der Waals surface area contributed by atoms with Crippen molar-refractivity contribution in [2.45, 2.75) is 33.4 Å². The Morgan fingerprint density at radius 2 is 1.84 bits per heavy atom. The highest BCUT2D eigenvalue weighted by molar-refractivity contribution is 6.01. The molecule has 0 saturated heterocycles. The fourth-order valence-electron chi connectivity index (χ4n) is 3.23. The number of rotatable bonds is 8. The summed E-state index contributed by atoms with van der Waals surface area (Å²) in [5.41, 5.74) is 1.82. The predicted octanol–water partition coefficient (Wildman–Crippen LogP) is 5.25. The van der Waals surface area contributed by atoms with E-state index in [0.29, 0.717) is 30.3 Å². The molecule has 0 aliphatic carbocycles. The molecule has 0 heterocycles. The van der Waals surface area contributed by atoms with Gasteiger partial charge in [-0.25, -0.2) is 0 Å². The van der Waals surface area contributed by atoms with Crippen molar-refractivity contribution in [1.29, 1.82) is 5.26 Å². The third-order valence-corrected chi connectivity index (χ3v) is 4.63. The van der Waals surface area contributed by atoms with Crippen molar-refractivity contribution in [2.24, 2.45) is 0 Å². The number of hydrogen-bond acceptors (Lipinski definition) is 4. The van der Waals surface area contributed by atoms with Crippen molar-refractivity contribution in [3.63, 3.8) is 0 Å². The van der Waals surface area contributed by atoms with Crippen LogP contribution < -0.4 is 14.8 Å². The highest BCUT2D eigenvalue weighted by Crippen LogP contribution is 2.31. The molecule has 1 N–H and O–H groups in total. The molecule has 158 valence electrons. The van der Waals surface area contributed by atoms with Gasteiger partial charge in [0.2, 0.25) is 0 Å². The minimum absolute atomic E-state index is 0.0422. The largest absolute Gasteiger partial charge is 0.490 e. The smallest absolute Gasteiger partial charge is 0.262 e. The number of hydrogen-bond donors (Lipinski definition) is 1. The first-order valence-electron chi connectivity index (χ1n) is 10.3. The van der Waals surface area contributed by atoms with Crippen LogP contribution >= 0.6 is 0 Å². The molecule has 0 aliphatic rings. The summed E-state index contributed by atoms with van der Waals surface area (Å²) in [7, 11) is 0. The molecule has 0 unspecified atom stereocenters. The first kappa shape index (κ1) is 21.9. The molecule has 31 heavy (non-hydrogen) atoms. The van der Waals surface area contributed by atoms with Gasteiger partial charge in [-0.15, -0.1) is 0 Å². The van der Waals surface area contributed by atoms with Gasteiger partial charge in [0.25, 0.3) is 5.91 Å². The van der Waals surface area contributed by atoms with E-state index in [9.17, 15) is 10.1 Å². The Labute approximate surface area is 182 Å². The van der Waals surface area contributed by atoms with Gasteiger partial charge < -0.3 is 14.8 Å². The Kier molecular flexibility index (Phi) is 7.29. The first-order chi connectivity index (χ1) is 15.0. The summed E-state index contributed by atoms with van der Waals surface area (Å²) in [6, 6.07) is 21.6. The number of amides is 1. The number of nitrogens with one attached hydrogen (secondary N) is 1. The molecular weight excluding hydrogens is 388 g/mol. The van der Waals surface area contributed by atoms with Gasteiger partial charge in [-0.3, -0.25) is 4.79 Å². The van der Waals surface area contributed by atoms with Crippen LogP contribution in [0.25, 0.3) is 16.8 Å². The summed E-state index contributed by atoms with van der Waals surface area (Å²) < 4.78 is 11.8. The number of nitrogens with zero attached hydrogens (tertiary/aromatic N) is 1. The van der Waals surface area contributed by atoms with E-state index < -0.39 is 5.91 Å². The van der Waals surface area contributed by atoms with E-state index in [1.54, 1.807) is 24.3 Å². The molecule has 0 radical (unpaired) electrons. The van der Waals surface area contributed by atoms with E-state index in [2.05, 4.69) is 23.5 Å². The van der Waals surface area contributed by atoms with Gasteiger partial charge in [0.1, 0.15) is 18.2 Å². The molecule has 3 aromatic carbocycles. The maximum absolute atomic E-state index is 12.2. The molecule has 0 saturated carbocycles. The summed E-state index contributed by atoms with van der Waals surface area (Å²) in [4.78, 5) is 12.2. The number of benzene rings is 3. The summed E-state index contributed by atoms with van der Waals surface area (Å²) in [5.74, 6) is 0.780. The van der Waals surface area contributed by atoms with Gasteiger partial charge >= 0.3 is 0 Å². The van der Waals surface area contributed by atoms with Crippen molar-refractivity contribution in [1.82, 2.24) is 5.32 Å². The maximum Gasteiger partial charge on any atom is 0.262 e. The Morgan fingerprint density at radius 1 is 1.06 bits per heavy atom. The standard InChI is InChI=1S/C26H26N2O3/c1-4-30-25-15-19(14-22(16-27)26(29)28-18(2)3)12-13-24(25)31-17-21-10-7-9-20-8-5-6-11-23(20)21/h5-15,18H,4,17H2,1-3H3,(H,28,29)/b22-14-. The lowest BCUT2D eigenvalue weighted by molar-refractivity contribution is -0.117. The monoisotopic (exact) mass is 414 g/mol. The van der Waals surface area contributed by atoms with Crippen molar-refractivity contribution in [2.75, 3.05) is 6.61 Å². The van der Waals surface area contributed by atoms with Crippen LogP contribution in [0.2, 0.25) is 0 Å². The van der Waals surface area contributed by atoms with Crippen molar-refractivity contribution >= 4 is 22.8 Å². The zero-order chi connectivity index (χ0) is 22.2. The molecule has 0 aliphatic heterocycles. The number of ether oxygens (including phenoxy) is 2. The maximum atomic E-state index is 12.2. The first-order valence-corrected chi connectivity index (χ1v) is 10.3. The molecule has 0 bridgehead atoms. The third kappa shape index (κ3) is 5.64. The van der Waals surface area contributed by atoms with Gasteiger partial charge in [0.05, 0.1) is 6.61 Å². The van der Waals surface area contributed by atoms with Crippen LogP contribution in [0, 0.1) is 11.3 Å². The summed E-state index contributed by atoms with van der Waals surface area (Å²) in [5, 5.41) is 14.4. The van der Waals surface area contributed by atoms with Crippen LogP contribution in [0.4, 0.5) is 0 Å². The molecule has 1 amide bonds. The third-order valence-electron chi connectivity index (χ3n) is 4.63. The van der Waals surface area contributed by atoms with Crippen LogP contribution in [-0.2, 0) is 11.4 Å². The van der Waals surface area contributed by atoms with E-state index in [0.717, 1.165) is 16.3 Å². The zero-order valence-electron chi connectivity index (χ0n) is 18.0. The normalized spacial score (nSPS) is 11.3. The Balaban J connectivity index is 1.84. The van der Waals surface area contributed by atoms with Crippen molar-refractivity contribution in [3.8, 4) is 17.6 Å². The van der Waals surface area contributed by atoms with E-state index in [4.69, 9.17) is 9.47 Å². The highest BCUT2D eigenvalue weighted by atomic mass is 16.5. The highest BCUT2D eigenvalue weighted by Gasteiger charge is 2.12. The van der Waals surface area contributed by atoms with Crippen molar-refractivity contribution < 1.29 is 14.3 Å². The lowest BCUT2D eigenvalue weighted by Gasteiger charge is -2.14. The number of nitriles is 1. The van der Waals surface area contributed by atoms with Gasteiger partial charge in [-0.1, -0.05) is 48.5 Å². The van der Waals surface area contributed by atoms with Gasteiger partial charge in [-0.05, 0) is 60.9 Å². The van der Waals surface area contributed by atoms with Gasteiger partial charge in [0, 0.05) is 6.04 Å². The Bertz CT molecular complexity index is 1140. The number of fused-ring (bicyclic) bond motifs is 1. The molecule has 3 aromatic rings. The summed E-state index contributed by atoms with van der Waals surface area (Å²) in [6.45, 7) is 6.46. The molecule has 5 heteroatoms. The molecule has 0 aromatic heterocycles. The molecule has 0 atom stereocenters. The van der Waals surface area contributed by atoms with E-state index in [1.807, 2.05) is 51.1 Å². The molecule has 0 fully saturated rings. The van der Waals surface area contributed by atoms with Crippen LogP contribution in [0.3, 0.4) is 0 Å². The second kappa shape index (κ2) is 10.3. The Morgan fingerprint density at radius 3 is 2.58 bits per heavy atom. The van der Waals surface area contributed by atoms with E-state index in [1.165, 1.54) is 0 Å². The van der Waals surface area contributed by atoms with Gasteiger partial charge in [0.15, 0.2) is 11.5 Å². The molecule has 0 spiro atoms. The minimum Gasteiger partial charge on any atom is -0.490 e. The predicted molar refractivity (Wildman–Crippen MR) is 123 cm³/mol. The number of carbonyl (C=O) groups is 1. The SMILES string of the molecule is CCOc1cc(/C=C(/C#N)C(=O)NC(C)C)ccc1OCc1cccc2ccccc12.